The standard InChI is InChI=1S/C20H26N2O5S/c1-5-25-15-11-9-8-10-14(15)18-17(19(24)27-7-3)13(4)21-20(22-18)28-12-16(23)26-6-2/h8-11,18H,5-7,12H2,1-4H3,(H,21,22)/t18-/m1/s1. The Balaban J connectivity index is 2.39. The topological polar surface area (TPSA) is 86.2 Å². The first kappa shape index (κ1) is 21.8. The van der Waals surface area contributed by atoms with Gasteiger partial charge >= 0.3 is 11.9 Å². The van der Waals surface area contributed by atoms with Crippen LogP contribution in [0.15, 0.2) is 40.5 Å². The number of hydrogen-bond acceptors (Lipinski definition) is 8. The molecule has 1 aromatic rings. The number of ether oxygens (including phenoxy) is 3. The van der Waals surface area contributed by atoms with Gasteiger partial charge in [0.05, 0.1) is 31.1 Å². The molecule has 0 unspecified atom stereocenters. The monoisotopic (exact) mass is 406 g/mol. The summed E-state index contributed by atoms with van der Waals surface area (Å²) in [6.45, 7) is 8.31. The van der Waals surface area contributed by atoms with Crippen molar-refractivity contribution in [3.05, 3.63) is 41.1 Å². The first-order valence-electron chi connectivity index (χ1n) is 9.24. The first-order valence-corrected chi connectivity index (χ1v) is 10.2. The van der Waals surface area contributed by atoms with Crippen molar-refractivity contribution in [2.24, 2.45) is 4.99 Å². The Morgan fingerprint density at radius 1 is 1.11 bits per heavy atom. The Morgan fingerprint density at radius 3 is 2.50 bits per heavy atom. The molecule has 1 atom stereocenters. The average Bonchev–Trinajstić information content (AvgIpc) is 2.67. The van der Waals surface area contributed by atoms with E-state index in [9.17, 15) is 9.59 Å². The molecule has 0 aliphatic carbocycles. The summed E-state index contributed by atoms with van der Waals surface area (Å²) in [6.07, 6.45) is 0. The van der Waals surface area contributed by atoms with Gasteiger partial charge in [-0.15, -0.1) is 0 Å². The highest BCUT2D eigenvalue weighted by Gasteiger charge is 2.32. The number of para-hydroxylation sites is 1. The molecular weight excluding hydrogens is 380 g/mol. The molecule has 0 spiro atoms. The number of carbonyl (C=O) groups excluding carboxylic acids is 2. The minimum atomic E-state index is -0.590. The Bertz CT molecular complexity index is 776. The Morgan fingerprint density at radius 2 is 1.82 bits per heavy atom. The maximum absolute atomic E-state index is 12.6. The van der Waals surface area contributed by atoms with Gasteiger partial charge in [-0.05, 0) is 33.8 Å². The molecule has 1 aromatic carbocycles. The number of thioether (sulfide) groups is 1. The van der Waals surface area contributed by atoms with E-state index in [0.717, 1.165) is 5.56 Å². The first-order chi connectivity index (χ1) is 13.5. The largest absolute Gasteiger partial charge is 0.494 e. The molecule has 0 bridgehead atoms. The lowest BCUT2D eigenvalue weighted by atomic mass is 9.96. The Kier molecular flexibility index (Phi) is 8.38. The van der Waals surface area contributed by atoms with E-state index >= 15 is 0 Å². The molecule has 0 fully saturated rings. The van der Waals surface area contributed by atoms with Crippen molar-refractivity contribution in [3.63, 3.8) is 0 Å². The lowest BCUT2D eigenvalue weighted by Crippen LogP contribution is -2.31. The number of benzene rings is 1. The maximum atomic E-state index is 12.6. The van der Waals surface area contributed by atoms with Crippen molar-refractivity contribution in [2.75, 3.05) is 25.6 Å². The fourth-order valence-corrected chi connectivity index (χ4v) is 3.49. The van der Waals surface area contributed by atoms with Crippen molar-refractivity contribution >= 4 is 28.9 Å². The van der Waals surface area contributed by atoms with E-state index < -0.39 is 12.0 Å². The number of carbonyl (C=O) groups is 2. The number of amidine groups is 1. The number of nitrogens with zero attached hydrogens (tertiary/aromatic N) is 1. The smallest absolute Gasteiger partial charge is 0.338 e. The molecular formula is C20H26N2O5S. The third-order valence-corrected chi connectivity index (χ3v) is 4.72. The predicted octanol–water partition coefficient (Wildman–Crippen LogP) is 3.22. The van der Waals surface area contributed by atoms with Crippen LogP contribution in [0.4, 0.5) is 0 Å². The van der Waals surface area contributed by atoms with E-state index in [1.807, 2.05) is 31.2 Å². The molecule has 1 aliphatic heterocycles. The zero-order chi connectivity index (χ0) is 20.5. The second kappa shape index (κ2) is 10.8. The van der Waals surface area contributed by atoms with Gasteiger partial charge in [0, 0.05) is 11.3 Å². The van der Waals surface area contributed by atoms with E-state index in [2.05, 4.69) is 10.3 Å². The number of esters is 2. The fraction of sp³-hybridized carbons (Fsp3) is 0.450. The van der Waals surface area contributed by atoms with Gasteiger partial charge < -0.3 is 19.5 Å². The molecule has 1 heterocycles. The summed E-state index contributed by atoms with van der Waals surface area (Å²) in [5.41, 5.74) is 1.83. The number of rotatable bonds is 8. The normalized spacial score (nSPS) is 16.1. The van der Waals surface area contributed by atoms with Crippen LogP contribution in [0.5, 0.6) is 5.75 Å². The Hall–Kier alpha value is -2.48. The zero-order valence-corrected chi connectivity index (χ0v) is 17.4. The lowest BCUT2D eigenvalue weighted by Gasteiger charge is -2.26. The quantitative estimate of drug-likeness (QED) is 0.663. The van der Waals surface area contributed by atoms with Crippen LogP contribution in [0.1, 0.15) is 39.3 Å². The fourth-order valence-electron chi connectivity index (χ4n) is 2.74. The minimum Gasteiger partial charge on any atom is -0.494 e. The number of aliphatic imine (C=N–C) groups is 1. The summed E-state index contributed by atoms with van der Waals surface area (Å²) in [5, 5.41) is 3.63. The summed E-state index contributed by atoms with van der Waals surface area (Å²) in [6, 6.07) is 6.88. The zero-order valence-electron chi connectivity index (χ0n) is 16.6. The summed E-state index contributed by atoms with van der Waals surface area (Å²) in [5.74, 6) is 0.0368. The molecule has 0 radical (unpaired) electrons. The maximum Gasteiger partial charge on any atom is 0.338 e. The summed E-state index contributed by atoms with van der Waals surface area (Å²) in [7, 11) is 0. The van der Waals surface area contributed by atoms with E-state index in [1.165, 1.54) is 11.8 Å². The molecule has 0 aromatic heterocycles. The summed E-state index contributed by atoms with van der Waals surface area (Å²) < 4.78 is 15.9. The highest BCUT2D eigenvalue weighted by atomic mass is 32.2. The highest BCUT2D eigenvalue weighted by molar-refractivity contribution is 8.14. The van der Waals surface area contributed by atoms with Crippen molar-refractivity contribution in [1.29, 1.82) is 0 Å². The van der Waals surface area contributed by atoms with E-state index in [4.69, 9.17) is 14.2 Å². The van der Waals surface area contributed by atoms with Crippen LogP contribution in [0.25, 0.3) is 0 Å². The Labute approximate surface area is 169 Å². The van der Waals surface area contributed by atoms with Crippen LogP contribution >= 0.6 is 11.8 Å². The van der Waals surface area contributed by atoms with Crippen LogP contribution in [0.2, 0.25) is 0 Å². The number of nitrogens with one attached hydrogen (secondary N) is 1. The molecule has 8 heteroatoms. The summed E-state index contributed by atoms with van der Waals surface area (Å²) in [4.78, 5) is 29.0. The van der Waals surface area contributed by atoms with Gasteiger partial charge in [-0.1, -0.05) is 30.0 Å². The third kappa shape index (κ3) is 5.51. The van der Waals surface area contributed by atoms with Crippen molar-refractivity contribution in [3.8, 4) is 5.75 Å². The van der Waals surface area contributed by atoms with Crippen LogP contribution in [0, 0.1) is 0 Å². The van der Waals surface area contributed by atoms with E-state index in [1.54, 1.807) is 20.8 Å². The average molecular weight is 407 g/mol. The van der Waals surface area contributed by atoms with Crippen molar-refractivity contribution < 1.29 is 23.8 Å². The molecule has 7 nitrogen and oxygen atoms in total. The van der Waals surface area contributed by atoms with Gasteiger partial charge in [-0.2, -0.15) is 0 Å². The minimum absolute atomic E-state index is 0.127. The van der Waals surface area contributed by atoms with Gasteiger partial charge in [-0.3, -0.25) is 4.79 Å². The van der Waals surface area contributed by atoms with Crippen LogP contribution in [-0.2, 0) is 19.1 Å². The van der Waals surface area contributed by atoms with Crippen LogP contribution < -0.4 is 10.1 Å². The van der Waals surface area contributed by atoms with Gasteiger partial charge in [0.15, 0.2) is 5.17 Å². The number of hydrogen-bond donors (Lipinski definition) is 1. The van der Waals surface area contributed by atoms with Crippen LogP contribution in [-0.4, -0.2) is 42.7 Å². The molecule has 1 N–H and O–H groups in total. The molecule has 2 rings (SSSR count). The molecule has 152 valence electrons. The lowest BCUT2D eigenvalue weighted by molar-refractivity contribution is -0.140. The second-order valence-electron chi connectivity index (χ2n) is 5.79. The van der Waals surface area contributed by atoms with Gasteiger partial charge in [-0.25, -0.2) is 9.79 Å². The van der Waals surface area contributed by atoms with Gasteiger partial charge in [0.25, 0.3) is 0 Å². The second-order valence-corrected chi connectivity index (χ2v) is 6.75. The number of allylic oxidation sites excluding steroid dienone is 1. The molecule has 1 aliphatic rings. The molecule has 0 saturated carbocycles. The third-order valence-electron chi connectivity index (χ3n) is 3.86. The van der Waals surface area contributed by atoms with Gasteiger partial charge in [0.1, 0.15) is 11.8 Å². The van der Waals surface area contributed by atoms with E-state index in [-0.39, 0.29) is 18.3 Å². The molecule has 0 saturated heterocycles. The summed E-state index contributed by atoms with van der Waals surface area (Å²) >= 11 is 1.23. The van der Waals surface area contributed by atoms with Gasteiger partial charge in [0.2, 0.25) is 0 Å². The van der Waals surface area contributed by atoms with Crippen molar-refractivity contribution in [1.82, 2.24) is 5.32 Å². The molecule has 28 heavy (non-hydrogen) atoms. The van der Waals surface area contributed by atoms with Crippen molar-refractivity contribution in [2.45, 2.75) is 33.7 Å². The highest BCUT2D eigenvalue weighted by Crippen LogP contribution is 2.37. The predicted molar refractivity (Wildman–Crippen MR) is 109 cm³/mol. The SMILES string of the molecule is CCOC(=O)CSC1=N[C@H](c2ccccc2OCC)C(C(=O)OCC)=C(C)N1. The van der Waals surface area contributed by atoms with Crippen LogP contribution in [0.3, 0.4) is 0 Å². The van der Waals surface area contributed by atoms with E-state index in [0.29, 0.717) is 35.4 Å². The molecule has 0 amide bonds.